The molecule has 2 rings (SSSR count). The summed E-state index contributed by atoms with van der Waals surface area (Å²) < 4.78 is 0. The van der Waals surface area contributed by atoms with Crippen LogP contribution in [-0.4, -0.2) is 32.0 Å². The number of carbonyl (C=O) groups excluding carboxylic acids is 2. The minimum atomic E-state index is -0.0971. The molecule has 0 saturated carbocycles. The Morgan fingerprint density at radius 3 is 2.31 bits per heavy atom. The van der Waals surface area contributed by atoms with Crippen LogP contribution in [0.15, 0.2) is 48.5 Å². The highest BCUT2D eigenvalue weighted by Gasteiger charge is 2.17. The third kappa shape index (κ3) is 5.70. The average molecular weight is 354 g/mol. The molecule has 0 aliphatic rings. The van der Waals surface area contributed by atoms with Crippen LogP contribution in [0.25, 0.3) is 0 Å². The number of rotatable bonds is 7. The molecule has 2 atom stereocenters. The summed E-state index contributed by atoms with van der Waals surface area (Å²) in [6.07, 6.45) is 0. The molecule has 2 aromatic rings. The minimum Gasteiger partial charge on any atom is -0.345 e. The van der Waals surface area contributed by atoms with Crippen molar-refractivity contribution in [1.82, 2.24) is 5.32 Å². The van der Waals surface area contributed by atoms with E-state index in [9.17, 15) is 9.59 Å². The van der Waals surface area contributed by atoms with Crippen LogP contribution in [-0.2, 0) is 9.59 Å². The van der Waals surface area contributed by atoms with Gasteiger partial charge < -0.3 is 15.5 Å². The molecule has 0 aliphatic heterocycles. The first-order chi connectivity index (χ1) is 12.4. The minimum absolute atomic E-state index is 0.0553. The second-order valence-corrected chi connectivity index (χ2v) is 6.81. The summed E-state index contributed by atoms with van der Waals surface area (Å²) in [7, 11) is 1.84. The standard InChI is InChI=1S/C21H27N3O2/c1-15-9-8-12-19(16(15)2)23-21(26)14-24(4)13-20(25)22-17(3)18-10-6-5-7-11-18/h5-12,17H,13-14H2,1-4H3,(H,22,25)(H,23,26)/p+1/t17-/m0/s1. The van der Waals surface area contributed by atoms with E-state index in [-0.39, 0.29) is 30.9 Å². The Kier molecular flexibility index (Phi) is 6.92. The zero-order valence-corrected chi connectivity index (χ0v) is 15.9. The summed E-state index contributed by atoms with van der Waals surface area (Å²) in [5.74, 6) is -0.168. The third-order valence-electron chi connectivity index (χ3n) is 4.48. The number of carbonyl (C=O) groups is 2. The Bertz CT molecular complexity index is 759. The van der Waals surface area contributed by atoms with Gasteiger partial charge in [0, 0.05) is 5.69 Å². The van der Waals surface area contributed by atoms with Gasteiger partial charge in [-0.1, -0.05) is 42.5 Å². The van der Waals surface area contributed by atoms with E-state index < -0.39 is 0 Å². The lowest BCUT2D eigenvalue weighted by Crippen LogP contribution is -3.11. The molecule has 0 saturated heterocycles. The number of hydrogen-bond acceptors (Lipinski definition) is 2. The molecule has 3 N–H and O–H groups in total. The average Bonchev–Trinajstić information content (AvgIpc) is 2.59. The van der Waals surface area contributed by atoms with Gasteiger partial charge in [0.05, 0.1) is 13.1 Å². The molecule has 0 fully saturated rings. The van der Waals surface area contributed by atoms with E-state index >= 15 is 0 Å². The Hall–Kier alpha value is -2.66. The zero-order valence-electron chi connectivity index (χ0n) is 15.9. The lowest BCUT2D eigenvalue weighted by atomic mass is 10.1. The van der Waals surface area contributed by atoms with Crippen molar-refractivity contribution < 1.29 is 14.5 Å². The zero-order chi connectivity index (χ0) is 19.1. The van der Waals surface area contributed by atoms with Crippen molar-refractivity contribution in [2.24, 2.45) is 0 Å². The molecule has 0 aromatic heterocycles. The van der Waals surface area contributed by atoms with Crippen LogP contribution in [0.5, 0.6) is 0 Å². The van der Waals surface area contributed by atoms with Crippen LogP contribution >= 0.6 is 0 Å². The summed E-state index contributed by atoms with van der Waals surface area (Å²) in [5, 5.41) is 5.91. The van der Waals surface area contributed by atoms with E-state index in [1.54, 1.807) is 0 Å². The smallest absolute Gasteiger partial charge is 0.279 e. The van der Waals surface area contributed by atoms with E-state index in [0.29, 0.717) is 0 Å². The molecule has 5 nitrogen and oxygen atoms in total. The predicted molar refractivity (Wildman–Crippen MR) is 104 cm³/mol. The number of likely N-dealkylation sites (N-methyl/N-ethyl adjacent to an activating group) is 1. The Labute approximate surface area is 155 Å². The molecular weight excluding hydrogens is 326 g/mol. The number of anilines is 1. The van der Waals surface area contributed by atoms with Crippen molar-refractivity contribution in [3.05, 3.63) is 65.2 Å². The van der Waals surface area contributed by atoms with Crippen molar-refractivity contribution in [1.29, 1.82) is 0 Å². The summed E-state index contributed by atoms with van der Waals surface area (Å²) in [5.41, 5.74) is 4.09. The molecule has 5 heteroatoms. The largest absolute Gasteiger partial charge is 0.345 e. The van der Waals surface area contributed by atoms with E-state index in [4.69, 9.17) is 0 Å². The number of amides is 2. The summed E-state index contributed by atoms with van der Waals surface area (Å²) in [6, 6.07) is 15.6. The fourth-order valence-corrected chi connectivity index (χ4v) is 2.81. The number of quaternary nitrogens is 1. The highest BCUT2D eigenvalue weighted by molar-refractivity contribution is 5.92. The van der Waals surface area contributed by atoms with Crippen molar-refractivity contribution in [3.8, 4) is 0 Å². The van der Waals surface area contributed by atoms with Crippen molar-refractivity contribution >= 4 is 17.5 Å². The Morgan fingerprint density at radius 1 is 0.962 bits per heavy atom. The molecule has 0 radical (unpaired) electrons. The van der Waals surface area contributed by atoms with E-state index in [1.165, 1.54) is 0 Å². The highest BCUT2D eigenvalue weighted by atomic mass is 16.2. The van der Waals surface area contributed by atoms with Crippen LogP contribution < -0.4 is 15.5 Å². The quantitative estimate of drug-likeness (QED) is 0.708. The highest BCUT2D eigenvalue weighted by Crippen LogP contribution is 2.17. The first kappa shape index (κ1) is 19.7. The predicted octanol–water partition coefficient (Wildman–Crippen LogP) is 1.63. The summed E-state index contributed by atoms with van der Waals surface area (Å²) in [4.78, 5) is 25.3. The molecule has 1 unspecified atom stereocenters. The maximum Gasteiger partial charge on any atom is 0.279 e. The van der Waals surface area contributed by atoms with Gasteiger partial charge in [0.15, 0.2) is 13.1 Å². The summed E-state index contributed by atoms with van der Waals surface area (Å²) >= 11 is 0. The number of hydrogen-bond donors (Lipinski definition) is 3. The SMILES string of the molecule is Cc1cccc(NC(=O)C[NH+](C)CC(=O)N[C@@H](C)c2ccccc2)c1C. The monoisotopic (exact) mass is 354 g/mol. The van der Waals surface area contributed by atoms with Gasteiger partial charge in [0.1, 0.15) is 0 Å². The molecule has 2 amide bonds. The molecule has 138 valence electrons. The molecule has 0 bridgehead atoms. The van der Waals surface area contributed by atoms with Crippen LogP contribution in [0.1, 0.15) is 29.7 Å². The molecule has 26 heavy (non-hydrogen) atoms. The second kappa shape index (κ2) is 9.15. The number of aryl methyl sites for hydroxylation is 1. The summed E-state index contributed by atoms with van der Waals surface area (Å²) in [6.45, 7) is 6.44. The number of benzene rings is 2. The van der Waals surface area contributed by atoms with Gasteiger partial charge in [0.25, 0.3) is 11.8 Å². The van der Waals surface area contributed by atoms with Gasteiger partial charge in [-0.15, -0.1) is 0 Å². The van der Waals surface area contributed by atoms with E-state index in [0.717, 1.165) is 27.3 Å². The lowest BCUT2D eigenvalue weighted by molar-refractivity contribution is -0.862. The Balaban J connectivity index is 1.82. The first-order valence-corrected chi connectivity index (χ1v) is 8.88. The molecule has 0 heterocycles. The van der Waals surface area contributed by atoms with Gasteiger partial charge in [-0.25, -0.2) is 0 Å². The van der Waals surface area contributed by atoms with Gasteiger partial charge >= 0.3 is 0 Å². The van der Waals surface area contributed by atoms with E-state index in [1.807, 2.05) is 76.3 Å². The normalized spacial score (nSPS) is 12.9. The lowest BCUT2D eigenvalue weighted by Gasteiger charge is -2.17. The topological polar surface area (TPSA) is 62.6 Å². The first-order valence-electron chi connectivity index (χ1n) is 8.88. The third-order valence-corrected chi connectivity index (χ3v) is 4.48. The van der Waals surface area contributed by atoms with Gasteiger partial charge in [-0.2, -0.15) is 0 Å². The van der Waals surface area contributed by atoms with Crippen LogP contribution in [0, 0.1) is 13.8 Å². The van der Waals surface area contributed by atoms with Gasteiger partial charge in [-0.05, 0) is 43.5 Å². The van der Waals surface area contributed by atoms with Crippen molar-refractivity contribution in [2.75, 3.05) is 25.5 Å². The van der Waals surface area contributed by atoms with Crippen molar-refractivity contribution in [3.63, 3.8) is 0 Å². The van der Waals surface area contributed by atoms with Crippen LogP contribution in [0.4, 0.5) is 5.69 Å². The maximum atomic E-state index is 12.2. The van der Waals surface area contributed by atoms with E-state index in [2.05, 4.69) is 10.6 Å². The van der Waals surface area contributed by atoms with Gasteiger partial charge in [0.2, 0.25) is 0 Å². The fourth-order valence-electron chi connectivity index (χ4n) is 2.81. The molecular formula is C21H28N3O2+. The van der Waals surface area contributed by atoms with Crippen LogP contribution in [0.3, 0.4) is 0 Å². The molecule has 0 spiro atoms. The number of nitrogens with one attached hydrogen (secondary N) is 3. The molecule has 2 aromatic carbocycles. The Morgan fingerprint density at radius 2 is 1.62 bits per heavy atom. The van der Waals surface area contributed by atoms with Gasteiger partial charge in [-0.3, -0.25) is 9.59 Å². The molecule has 0 aliphatic carbocycles. The van der Waals surface area contributed by atoms with Crippen LogP contribution in [0.2, 0.25) is 0 Å². The second-order valence-electron chi connectivity index (χ2n) is 6.81. The fraction of sp³-hybridized carbons (Fsp3) is 0.333. The van der Waals surface area contributed by atoms with Crippen molar-refractivity contribution in [2.45, 2.75) is 26.8 Å². The maximum absolute atomic E-state index is 12.2.